The standard InChI is InChI=1S/C11H26N2S/c1-9(2)14-13(7)8-10(12-6)11(3,4)5/h9-10,12H,8H2,1-7H3. The van der Waals surface area contributed by atoms with Crippen molar-refractivity contribution >= 4 is 11.9 Å². The molecule has 86 valence electrons. The summed E-state index contributed by atoms with van der Waals surface area (Å²) in [5, 5.41) is 4.06. The van der Waals surface area contributed by atoms with Gasteiger partial charge in [-0.25, -0.2) is 0 Å². The minimum Gasteiger partial charge on any atom is -0.315 e. The van der Waals surface area contributed by atoms with E-state index < -0.39 is 0 Å². The molecule has 1 atom stereocenters. The molecule has 0 aromatic heterocycles. The fourth-order valence-electron chi connectivity index (χ4n) is 1.46. The summed E-state index contributed by atoms with van der Waals surface area (Å²) >= 11 is 1.91. The maximum absolute atomic E-state index is 3.39. The van der Waals surface area contributed by atoms with Crippen LogP contribution in [0.1, 0.15) is 34.6 Å². The third-order valence-electron chi connectivity index (χ3n) is 2.22. The van der Waals surface area contributed by atoms with Crippen molar-refractivity contribution in [3.63, 3.8) is 0 Å². The zero-order valence-electron chi connectivity index (χ0n) is 10.7. The predicted molar refractivity (Wildman–Crippen MR) is 67.7 cm³/mol. The van der Waals surface area contributed by atoms with Crippen molar-refractivity contribution in [3.05, 3.63) is 0 Å². The SMILES string of the molecule is CNC(CN(C)SC(C)C)C(C)(C)C. The van der Waals surface area contributed by atoms with Crippen molar-refractivity contribution in [2.24, 2.45) is 5.41 Å². The first kappa shape index (κ1) is 14.3. The second-order valence-corrected chi connectivity index (χ2v) is 6.95. The lowest BCUT2D eigenvalue weighted by atomic mass is 9.87. The third-order valence-corrected chi connectivity index (χ3v) is 3.15. The van der Waals surface area contributed by atoms with Crippen molar-refractivity contribution in [3.8, 4) is 0 Å². The van der Waals surface area contributed by atoms with Gasteiger partial charge in [-0.05, 0) is 19.5 Å². The fraction of sp³-hybridized carbons (Fsp3) is 1.00. The molecule has 0 aliphatic rings. The highest BCUT2D eigenvalue weighted by atomic mass is 32.2. The van der Waals surface area contributed by atoms with Crippen LogP contribution in [0.3, 0.4) is 0 Å². The summed E-state index contributed by atoms with van der Waals surface area (Å²) in [5.74, 6) is 0. The normalized spacial score (nSPS) is 15.2. The van der Waals surface area contributed by atoms with Crippen LogP contribution in [0.2, 0.25) is 0 Å². The van der Waals surface area contributed by atoms with Crippen LogP contribution in [0, 0.1) is 5.41 Å². The van der Waals surface area contributed by atoms with Gasteiger partial charge in [0.15, 0.2) is 0 Å². The first-order valence-corrected chi connectivity index (χ1v) is 6.16. The Morgan fingerprint density at radius 2 is 1.79 bits per heavy atom. The fourth-order valence-corrected chi connectivity index (χ4v) is 2.41. The summed E-state index contributed by atoms with van der Waals surface area (Å²) in [5.41, 5.74) is 0.320. The van der Waals surface area contributed by atoms with E-state index in [2.05, 4.69) is 51.3 Å². The van der Waals surface area contributed by atoms with Gasteiger partial charge in [0, 0.05) is 17.8 Å². The zero-order valence-corrected chi connectivity index (χ0v) is 11.5. The lowest BCUT2D eigenvalue weighted by Crippen LogP contribution is -2.44. The second-order valence-electron chi connectivity index (χ2n) is 5.17. The average Bonchev–Trinajstić information content (AvgIpc) is 1.96. The first-order valence-electron chi connectivity index (χ1n) is 5.32. The van der Waals surface area contributed by atoms with Gasteiger partial charge in [0.2, 0.25) is 0 Å². The molecule has 0 bridgehead atoms. The third kappa shape index (κ3) is 5.89. The minimum absolute atomic E-state index is 0.320. The minimum atomic E-state index is 0.320. The van der Waals surface area contributed by atoms with Gasteiger partial charge in [-0.3, -0.25) is 4.31 Å². The number of hydrogen-bond acceptors (Lipinski definition) is 3. The molecule has 3 heteroatoms. The molecule has 2 nitrogen and oxygen atoms in total. The maximum atomic E-state index is 3.39. The summed E-state index contributed by atoms with van der Waals surface area (Å²) < 4.78 is 2.33. The van der Waals surface area contributed by atoms with E-state index in [1.54, 1.807) is 0 Å². The van der Waals surface area contributed by atoms with E-state index in [1.165, 1.54) is 0 Å². The molecule has 0 rings (SSSR count). The molecule has 0 radical (unpaired) electrons. The smallest absolute Gasteiger partial charge is 0.0249 e. The highest BCUT2D eigenvalue weighted by Gasteiger charge is 2.24. The van der Waals surface area contributed by atoms with Crippen LogP contribution in [0.5, 0.6) is 0 Å². The monoisotopic (exact) mass is 218 g/mol. The summed E-state index contributed by atoms with van der Waals surface area (Å²) in [4.78, 5) is 0. The lowest BCUT2D eigenvalue weighted by Gasteiger charge is -2.33. The maximum Gasteiger partial charge on any atom is 0.0249 e. The van der Waals surface area contributed by atoms with Crippen molar-refractivity contribution in [1.29, 1.82) is 0 Å². The highest BCUT2D eigenvalue weighted by molar-refractivity contribution is 7.97. The molecule has 0 amide bonds. The van der Waals surface area contributed by atoms with Crippen LogP contribution >= 0.6 is 11.9 Å². The molecule has 0 heterocycles. The van der Waals surface area contributed by atoms with E-state index in [-0.39, 0.29) is 0 Å². The van der Waals surface area contributed by atoms with E-state index >= 15 is 0 Å². The van der Waals surface area contributed by atoms with Crippen LogP contribution in [0.4, 0.5) is 0 Å². The summed E-state index contributed by atoms with van der Waals surface area (Å²) in [6.07, 6.45) is 0. The van der Waals surface area contributed by atoms with Gasteiger partial charge in [0.05, 0.1) is 0 Å². The molecule has 1 unspecified atom stereocenters. The summed E-state index contributed by atoms with van der Waals surface area (Å²) in [7, 11) is 4.21. The van der Waals surface area contributed by atoms with E-state index in [9.17, 15) is 0 Å². The van der Waals surface area contributed by atoms with Crippen molar-refractivity contribution in [2.45, 2.75) is 45.9 Å². The van der Waals surface area contributed by atoms with Crippen LogP contribution in [-0.2, 0) is 0 Å². The average molecular weight is 218 g/mol. The van der Waals surface area contributed by atoms with Crippen molar-refractivity contribution < 1.29 is 0 Å². The Hall–Kier alpha value is 0.270. The van der Waals surface area contributed by atoms with Crippen molar-refractivity contribution in [2.75, 3.05) is 20.6 Å². The number of nitrogens with one attached hydrogen (secondary N) is 1. The molecule has 0 saturated heterocycles. The molecule has 14 heavy (non-hydrogen) atoms. The summed E-state index contributed by atoms with van der Waals surface area (Å²) in [6, 6.07) is 0.541. The molecule has 1 N–H and O–H groups in total. The van der Waals surface area contributed by atoms with Gasteiger partial charge < -0.3 is 5.32 Å². The Kier molecular flexibility index (Phi) is 6.10. The Bertz CT molecular complexity index is 152. The molecular weight excluding hydrogens is 192 g/mol. The number of rotatable bonds is 5. The van der Waals surface area contributed by atoms with E-state index in [0.29, 0.717) is 16.7 Å². The number of likely N-dealkylation sites (N-methyl/N-ethyl adjacent to an activating group) is 2. The molecule has 0 aliphatic carbocycles. The largest absolute Gasteiger partial charge is 0.315 e. The Labute approximate surface area is 94.0 Å². The molecule has 0 aliphatic heterocycles. The molecule has 0 fully saturated rings. The molecule has 0 aromatic carbocycles. The van der Waals surface area contributed by atoms with E-state index in [1.807, 2.05) is 19.0 Å². The predicted octanol–water partition coefficient (Wildman–Crippen LogP) is 2.61. The van der Waals surface area contributed by atoms with E-state index in [0.717, 1.165) is 6.54 Å². The van der Waals surface area contributed by atoms with E-state index in [4.69, 9.17) is 0 Å². The van der Waals surface area contributed by atoms with Crippen LogP contribution in [-0.4, -0.2) is 36.2 Å². The van der Waals surface area contributed by atoms with Crippen LogP contribution in [0.25, 0.3) is 0 Å². The molecule has 0 saturated carbocycles. The van der Waals surface area contributed by atoms with Gasteiger partial charge in [0.1, 0.15) is 0 Å². The van der Waals surface area contributed by atoms with Gasteiger partial charge in [-0.15, -0.1) is 0 Å². The van der Waals surface area contributed by atoms with Crippen LogP contribution in [0.15, 0.2) is 0 Å². The topological polar surface area (TPSA) is 15.3 Å². The lowest BCUT2D eigenvalue weighted by molar-refractivity contribution is 0.252. The molecule has 0 spiro atoms. The van der Waals surface area contributed by atoms with Gasteiger partial charge in [-0.2, -0.15) is 0 Å². The van der Waals surface area contributed by atoms with Crippen LogP contribution < -0.4 is 5.32 Å². The summed E-state index contributed by atoms with van der Waals surface area (Å²) in [6.45, 7) is 12.4. The van der Waals surface area contributed by atoms with Gasteiger partial charge in [0.25, 0.3) is 0 Å². The second kappa shape index (κ2) is 5.99. The quantitative estimate of drug-likeness (QED) is 0.714. The first-order chi connectivity index (χ1) is 6.27. The molecular formula is C11H26N2S. The Balaban J connectivity index is 4.06. The van der Waals surface area contributed by atoms with Gasteiger partial charge in [-0.1, -0.05) is 46.6 Å². The Morgan fingerprint density at radius 3 is 2.07 bits per heavy atom. The molecule has 0 aromatic rings. The van der Waals surface area contributed by atoms with Crippen molar-refractivity contribution in [1.82, 2.24) is 9.62 Å². The Morgan fingerprint density at radius 1 is 1.29 bits per heavy atom. The number of hydrogen-bond donors (Lipinski definition) is 1. The zero-order chi connectivity index (χ0) is 11.4. The number of nitrogens with zero attached hydrogens (tertiary/aromatic N) is 1. The van der Waals surface area contributed by atoms with Gasteiger partial charge >= 0.3 is 0 Å². The highest BCUT2D eigenvalue weighted by Crippen LogP contribution is 2.22.